The van der Waals surface area contributed by atoms with Crippen LogP contribution < -0.4 is 14.8 Å². The van der Waals surface area contributed by atoms with Crippen molar-refractivity contribution in [1.82, 2.24) is 10.5 Å². The Kier molecular flexibility index (Phi) is 6.47. The van der Waals surface area contributed by atoms with Crippen LogP contribution in [0, 0.1) is 13.8 Å². The Labute approximate surface area is 138 Å². The predicted molar refractivity (Wildman–Crippen MR) is 89.9 cm³/mol. The van der Waals surface area contributed by atoms with Crippen molar-refractivity contribution in [2.24, 2.45) is 0 Å². The van der Waals surface area contributed by atoms with Crippen molar-refractivity contribution in [2.45, 2.75) is 46.8 Å². The molecule has 0 bridgehead atoms. The highest BCUT2D eigenvalue weighted by Crippen LogP contribution is 2.29. The molecule has 1 aromatic carbocycles. The lowest BCUT2D eigenvalue weighted by Crippen LogP contribution is -2.14. The van der Waals surface area contributed by atoms with Gasteiger partial charge in [-0.1, -0.05) is 24.6 Å². The molecule has 5 nitrogen and oxygen atoms in total. The zero-order chi connectivity index (χ0) is 16.7. The van der Waals surface area contributed by atoms with Gasteiger partial charge in [0.15, 0.2) is 11.5 Å². The van der Waals surface area contributed by atoms with E-state index < -0.39 is 0 Å². The molecule has 126 valence electrons. The summed E-state index contributed by atoms with van der Waals surface area (Å²) in [4.78, 5) is 0. The first-order valence-electron chi connectivity index (χ1n) is 8.07. The SMILES string of the molecule is CCCCNCc1ccc(OCc2c(C)noc2C)c(OC)c1. The second kappa shape index (κ2) is 8.58. The van der Waals surface area contributed by atoms with E-state index in [0.29, 0.717) is 6.61 Å². The molecule has 1 N–H and O–H groups in total. The van der Waals surface area contributed by atoms with E-state index in [4.69, 9.17) is 14.0 Å². The van der Waals surface area contributed by atoms with Crippen molar-refractivity contribution < 1.29 is 14.0 Å². The summed E-state index contributed by atoms with van der Waals surface area (Å²) in [6.07, 6.45) is 2.39. The fraction of sp³-hybridized carbons (Fsp3) is 0.500. The molecule has 0 amide bonds. The molecule has 2 rings (SSSR count). The molecule has 0 saturated carbocycles. The van der Waals surface area contributed by atoms with Gasteiger partial charge in [0.2, 0.25) is 0 Å². The lowest BCUT2D eigenvalue weighted by Gasteiger charge is -2.12. The van der Waals surface area contributed by atoms with Crippen LogP contribution in [0.2, 0.25) is 0 Å². The first-order valence-corrected chi connectivity index (χ1v) is 8.07. The Morgan fingerprint density at radius 3 is 2.70 bits per heavy atom. The van der Waals surface area contributed by atoms with E-state index in [2.05, 4.69) is 23.5 Å². The standard InChI is InChI=1S/C18H26N2O3/c1-5-6-9-19-11-15-7-8-17(18(10-15)21-4)22-12-16-13(2)20-23-14(16)3/h7-8,10,19H,5-6,9,11-12H2,1-4H3. The number of aryl methyl sites for hydroxylation is 2. The van der Waals surface area contributed by atoms with E-state index in [0.717, 1.165) is 41.6 Å². The van der Waals surface area contributed by atoms with Gasteiger partial charge < -0.3 is 19.3 Å². The van der Waals surface area contributed by atoms with Gasteiger partial charge in [-0.05, 0) is 44.5 Å². The smallest absolute Gasteiger partial charge is 0.161 e. The third-order valence-electron chi connectivity index (χ3n) is 3.82. The van der Waals surface area contributed by atoms with E-state index in [9.17, 15) is 0 Å². The number of nitrogens with one attached hydrogen (secondary N) is 1. The van der Waals surface area contributed by atoms with Crippen LogP contribution in [0.3, 0.4) is 0 Å². The lowest BCUT2D eigenvalue weighted by atomic mass is 10.2. The van der Waals surface area contributed by atoms with Gasteiger partial charge >= 0.3 is 0 Å². The molecular formula is C18H26N2O3. The van der Waals surface area contributed by atoms with Gasteiger partial charge in [-0.3, -0.25) is 0 Å². The minimum atomic E-state index is 0.422. The van der Waals surface area contributed by atoms with Crippen molar-refractivity contribution in [1.29, 1.82) is 0 Å². The highest BCUT2D eigenvalue weighted by molar-refractivity contribution is 5.43. The van der Waals surface area contributed by atoms with Gasteiger partial charge in [-0.25, -0.2) is 0 Å². The molecule has 1 aromatic heterocycles. The molecule has 0 fully saturated rings. The lowest BCUT2D eigenvalue weighted by molar-refractivity contribution is 0.281. The maximum absolute atomic E-state index is 5.89. The second-order valence-corrected chi connectivity index (χ2v) is 5.61. The van der Waals surface area contributed by atoms with Gasteiger partial charge in [0, 0.05) is 6.54 Å². The van der Waals surface area contributed by atoms with Gasteiger partial charge in [0.05, 0.1) is 18.4 Å². The van der Waals surface area contributed by atoms with E-state index >= 15 is 0 Å². The number of rotatable bonds is 9. The third-order valence-corrected chi connectivity index (χ3v) is 3.82. The van der Waals surface area contributed by atoms with Crippen molar-refractivity contribution in [3.8, 4) is 11.5 Å². The molecule has 0 unspecified atom stereocenters. The summed E-state index contributed by atoms with van der Waals surface area (Å²) in [5.41, 5.74) is 3.03. The molecule has 0 aliphatic carbocycles. The van der Waals surface area contributed by atoms with Gasteiger partial charge in [0.1, 0.15) is 12.4 Å². The van der Waals surface area contributed by atoms with Crippen LogP contribution in [-0.4, -0.2) is 18.8 Å². The molecule has 0 saturated heterocycles. The van der Waals surface area contributed by atoms with Crippen molar-refractivity contribution >= 4 is 0 Å². The molecule has 23 heavy (non-hydrogen) atoms. The molecule has 2 aromatic rings. The maximum Gasteiger partial charge on any atom is 0.161 e. The van der Waals surface area contributed by atoms with Gasteiger partial charge in [0.25, 0.3) is 0 Å². The molecule has 5 heteroatoms. The quantitative estimate of drug-likeness (QED) is 0.713. The summed E-state index contributed by atoms with van der Waals surface area (Å²) < 4.78 is 16.5. The Balaban J connectivity index is 1.99. The fourth-order valence-electron chi connectivity index (χ4n) is 2.33. The molecule has 0 aliphatic rings. The van der Waals surface area contributed by atoms with Gasteiger partial charge in [-0.2, -0.15) is 0 Å². The minimum Gasteiger partial charge on any atom is -0.493 e. The predicted octanol–water partition coefficient (Wildman–Crippen LogP) is 3.77. The van der Waals surface area contributed by atoms with Crippen molar-refractivity contribution in [3.63, 3.8) is 0 Å². The summed E-state index contributed by atoms with van der Waals surface area (Å²) in [7, 11) is 1.66. The Bertz CT molecular complexity index is 603. The average molecular weight is 318 g/mol. The van der Waals surface area contributed by atoms with Crippen LogP contribution in [0.15, 0.2) is 22.7 Å². The highest BCUT2D eigenvalue weighted by atomic mass is 16.5. The minimum absolute atomic E-state index is 0.422. The summed E-state index contributed by atoms with van der Waals surface area (Å²) in [5.74, 6) is 2.26. The van der Waals surface area contributed by atoms with E-state index in [1.165, 1.54) is 18.4 Å². The zero-order valence-corrected chi connectivity index (χ0v) is 14.4. The molecule has 0 aliphatic heterocycles. The summed E-state index contributed by atoms with van der Waals surface area (Å²) in [5, 5.41) is 7.37. The largest absolute Gasteiger partial charge is 0.493 e. The van der Waals surface area contributed by atoms with Crippen molar-refractivity contribution in [3.05, 3.63) is 40.8 Å². The topological polar surface area (TPSA) is 56.5 Å². The zero-order valence-electron chi connectivity index (χ0n) is 14.4. The highest BCUT2D eigenvalue weighted by Gasteiger charge is 2.12. The van der Waals surface area contributed by atoms with Crippen LogP contribution in [0.4, 0.5) is 0 Å². The van der Waals surface area contributed by atoms with E-state index in [-0.39, 0.29) is 0 Å². The van der Waals surface area contributed by atoms with Crippen LogP contribution in [-0.2, 0) is 13.2 Å². The Morgan fingerprint density at radius 2 is 2.04 bits per heavy atom. The van der Waals surface area contributed by atoms with Crippen LogP contribution >= 0.6 is 0 Å². The Hall–Kier alpha value is -2.01. The number of unbranched alkanes of at least 4 members (excludes halogenated alkanes) is 1. The average Bonchev–Trinajstić information content (AvgIpc) is 2.88. The third kappa shape index (κ3) is 4.73. The first kappa shape index (κ1) is 17.3. The second-order valence-electron chi connectivity index (χ2n) is 5.61. The summed E-state index contributed by atoms with van der Waals surface area (Å²) in [6.45, 7) is 8.28. The number of aromatic nitrogens is 1. The van der Waals surface area contributed by atoms with Crippen molar-refractivity contribution in [2.75, 3.05) is 13.7 Å². The molecular weight excluding hydrogens is 292 g/mol. The fourth-order valence-corrected chi connectivity index (χ4v) is 2.33. The molecule has 0 radical (unpaired) electrons. The van der Waals surface area contributed by atoms with Crippen LogP contribution in [0.25, 0.3) is 0 Å². The summed E-state index contributed by atoms with van der Waals surface area (Å²) >= 11 is 0. The number of hydrogen-bond acceptors (Lipinski definition) is 5. The number of ether oxygens (including phenoxy) is 2. The van der Waals surface area contributed by atoms with E-state index in [1.54, 1.807) is 7.11 Å². The molecule has 0 spiro atoms. The Morgan fingerprint density at radius 1 is 1.22 bits per heavy atom. The van der Waals surface area contributed by atoms with Gasteiger partial charge in [-0.15, -0.1) is 0 Å². The monoisotopic (exact) mass is 318 g/mol. The number of hydrogen-bond donors (Lipinski definition) is 1. The number of methoxy groups -OCH3 is 1. The number of nitrogens with zero attached hydrogens (tertiary/aromatic N) is 1. The van der Waals surface area contributed by atoms with E-state index in [1.807, 2.05) is 26.0 Å². The van der Waals surface area contributed by atoms with Crippen LogP contribution in [0.1, 0.15) is 42.3 Å². The first-order chi connectivity index (χ1) is 11.2. The number of benzene rings is 1. The van der Waals surface area contributed by atoms with Crippen LogP contribution in [0.5, 0.6) is 11.5 Å². The normalized spacial score (nSPS) is 10.8. The molecule has 1 heterocycles. The maximum atomic E-state index is 5.89. The molecule has 0 atom stereocenters. The summed E-state index contributed by atoms with van der Waals surface area (Å²) in [6, 6.07) is 6.03.